The minimum absolute atomic E-state index is 0.379. The van der Waals surface area contributed by atoms with Crippen LogP contribution in [0, 0.1) is 13.8 Å². The summed E-state index contributed by atoms with van der Waals surface area (Å²) < 4.78 is 5.15. The molecule has 180 valence electrons. The largest absolute Gasteiger partial charge is 0.497 e. The maximum absolute atomic E-state index is 13.1. The first kappa shape index (κ1) is 24.3. The van der Waals surface area contributed by atoms with Gasteiger partial charge in [-0.05, 0) is 74.4 Å². The number of hydrogen-bond donors (Lipinski definition) is 2. The van der Waals surface area contributed by atoms with Gasteiger partial charge in [0.15, 0.2) is 0 Å². The Kier molecular flexibility index (Phi) is 6.84. The van der Waals surface area contributed by atoms with E-state index in [0.717, 1.165) is 9.80 Å². The van der Waals surface area contributed by atoms with Crippen LogP contribution < -0.4 is 15.4 Å². The number of urea groups is 1. The summed E-state index contributed by atoms with van der Waals surface area (Å²) in [5.41, 5.74) is 2.37. The van der Waals surface area contributed by atoms with E-state index < -0.39 is 23.4 Å². The second kappa shape index (κ2) is 9.84. The molecule has 8 heteroatoms. The lowest BCUT2D eigenvalue weighted by Gasteiger charge is -2.22. The first-order valence-electron chi connectivity index (χ1n) is 11.1. The van der Waals surface area contributed by atoms with Gasteiger partial charge in [0.2, 0.25) is 5.91 Å². The molecule has 2 N–H and O–H groups in total. The molecule has 1 atom stereocenters. The Morgan fingerprint density at radius 3 is 2.34 bits per heavy atom. The lowest BCUT2D eigenvalue weighted by atomic mass is 9.92. The molecule has 0 aromatic heterocycles. The van der Waals surface area contributed by atoms with Crippen LogP contribution in [-0.4, -0.2) is 36.4 Å². The number of imide groups is 1. The Balaban J connectivity index is 1.38. The number of anilines is 1. The number of carbonyl (C=O) groups is 3. The van der Waals surface area contributed by atoms with E-state index >= 15 is 0 Å². The van der Waals surface area contributed by atoms with Gasteiger partial charge < -0.3 is 15.4 Å². The molecular formula is C27H27N3O4S. The maximum atomic E-state index is 13.1. The Morgan fingerprint density at radius 2 is 1.71 bits per heavy atom. The van der Waals surface area contributed by atoms with Crippen molar-refractivity contribution in [2.75, 3.05) is 19.0 Å². The fraction of sp³-hybridized carbons (Fsp3) is 0.222. The van der Waals surface area contributed by atoms with Crippen molar-refractivity contribution in [1.29, 1.82) is 0 Å². The van der Waals surface area contributed by atoms with Crippen LogP contribution in [0.15, 0.2) is 76.5 Å². The van der Waals surface area contributed by atoms with E-state index in [-0.39, 0.29) is 6.54 Å². The lowest BCUT2D eigenvalue weighted by Crippen LogP contribution is -2.42. The van der Waals surface area contributed by atoms with Crippen LogP contribution in [0.3, 0.4) is 0 Å². The number of aryl methyl sites for hydroxylation is 2. The molecule has 3 aromatic rings. The Bertz CT molecular complexity index is 1270. The molecule has 1 aliphatic heterocycles. The molecular weight excluding hydrogens is 462 g/mol. The quantitative estimate of drug-likeness (QED) is 0.463. The molecule has 3 aromatic carbocycles. The number of carbonyl (C=O) groups excluding carboxylic acids is 3. The van der Waals surface area contributed by atoms with E-state index in [1.165, 1.54) is 16.0 Å². The summed E-state index contributed by atoms with van der Waals surface area (Å²) in [5, 5.41) is 5.47. The zero-order valence-corrected chi connectivity index (χ0v) is 20.9. The van der Waals surface area contributed by atoms with E-state index in [2.05, 4.69) is 42.7 Å². The van der Waals surface area contributed by atoms with Crippen LogP contribution in [0.5, 0.6) is 5.75 Å². The average molecular weight is 490 g/mol. The average Bonchev–Trinajstić information content (AvgIpc) is 3.06. The molecule has 7 nitrogen and oxygen atoms in total. The predicted octanol–water partition coefficient (Wildman–Crippen LogP) is 4.87. The Labute approximate surface area is 208 Å². The summed E-state index contributed by atoms with van der Waals surface area (Å²) in [6.45, 7) is 5.39. The molecule has 1 aliphatic rings. The van der Waals surface area contributed by atoms with E-state index in [9.17, 15) is 14.4 Å². The normalized spacial score (nSPS) is 17.3. The fourth-order valence-corrected chi connectivity index (χ4v) is 4.83. The Hall–Kier alpha value is -3.78. The fourth-order valence-electron chi connectivity index (χ4n) is 3.95. The molecule has 1 saturated heterocycles. The van der Waals surface area contributed by atoms with E-state index in [4.69, 9.17) is 4.74 Å². The van der Waals surface area contributed by atoms with Gasteiger partial charge in [0.05, 0.1) is 7.11 Å². The molecule has 0 aliphatic carbocycles. The molecule has 1 fully saturated rings. The standard InChI is InChI=1S/C27H27N3O4S/c1-17-5-14-23(18(2)15-17)35-22-12-8-20(9-13-22)28-24(31)16-30-25(32)27(3,29-26(30)33)19-6-10-21(34-4)11-7-19/h5-15H,16H2,1-4H3,(H,28,31)(H,29,33). The third-order valence-electron chi connectivity index (χ3n) is 5.94. The third-order valence-corrected chi connectivity index (χ3v) is 7.13. The van der Waals surface area contributed by atoms with Gasteiger partial charge in [0, 0.05) is 15.5 Å². The van der Waals surface area contributed by atoms with E-state index in [1.807, 2.05) is 12.1 Å². The minimum Gasteiger partial charge on any atom is -0.497 e. The zero-order chi connectivity index (χ0) is 25.2. The summed E-state index contributed by atoms with van der Waals surface area (Å²) in [6, 6.07) is 20.1. The molecule has 0 spiro atoms. The first-order chi connectivity index (χ1) is 16.7. The number of amides is 4. The third kappa shape index (κ3) is 5.17. The first-order valence-corrected chi connectivity index (χ1v) is 11.9. The summed E-state index contributed by atoms with van der Waals surface area (Å²) in [4.78, 5) is 41.4. The van der Waals surface area contributed by atoms with Gasteiger partial charge in [-0.3, -0.25) is 14.5 Å². The summed E-state index contributed by atoms with van der Waals surface area (Å²) in [7, 11) is 1.55. The molecule has 1 unspecified atom stereocenters. The topological polar surface area (TPSA) is 87.7 Å². The summed E-state index contributed by atoms with van der Waals surface area (Å²) in [6.07, 6.45) is 0. The summed E-state index contributed by atoms with van der Waals surface area (Å²) in [5.74, 6) is -0.297. The van der Waals surface area contributed by atoms with Crippen molar-refractivity contribution >= 4 is 35.3 Å². The van der Waals surface area contributed by atoms with Crippen molar-refractivity contribution in [2.24, 2.45) is 0 Å². The lowest BCUT2D eigenvalue weighted by molar-refractivity contribution is -0.133. The highest BCUT2D eigenvalue weighted by molar-refractivity contribution is 7.99. The number of methoxy groups -OCH3 is 1. The second-order valence-electron chi connectivity index (χ2n) is 8.62. The number of benzene rings is 3. The molecule has 1 heterocycles. The van der Waals surface area contributed by atoms with Crippen LogP contribution in [0.4, 0.5) is 10.5 Å². The van der Waals surface area contributed by atoms with Crippen LogP contribution in [0.25, 0.3) is 0 Å². The highest BCUT2D eigenvalue weighted by Gasteiger charge is 2.49. The monoisotopic (exact) mass is 489 g/mol. The molecule has 0 radical (unpaired) electrons. The van der Waals surface area contributed by atoms with Gasteiger partial charge in [0.1, 0.15) is 17.8 Å². The second-order valence-corrected chi connectivity index (χ2v) is 9.73. The Morgan fingerprint density at radius 1 is 1.03 bits per heavy atom. The van der Waals surface area contributed by atoms with Crippen molar-refractivity contribution in [1.82, 2.24) is 10.2 Å². The van der Waals surface area contributed by atoms with Gasteiger partial charge in [-0.15, -0.1) is 0 Å². The van der Waals surface area contributed by atoms with E-state index in [0.29, 0.717) is 17.0 Å². The smallest absolute Gasteiger partial charge is 0.325 e. The number of hydrogen-bond acceptors (Lipinski definition) is 5. The van der Waals surface area contributed by atoms with Crippen LogP contribution >= 0.6 is 11.8 Å². The number of ether oxygens (including phenoxy) is 1. The number of rotatable bonds is 7. The van der Waals surface area contributed by atoms with E-state index in [1.54, 1.807) is 62.2 Å². The van der Waals surface area contributed by atoms with Crippen LogP contribution in [0.1, 0.15) is 23.6 Å². The highest BCUT2D eigenvalue weighted by atomic mass is 32.2. The van der Waals surface area contributed by atoms with Gasteiger partial charge in [-0.25, -0.2) is 4.79 Å². The van der Waals surface area contributed by atoms with Crippen molar-refractivity contribution in [2.45, 2.75) is 36.1 Å². The van der Waals surface area contributed by atoms with Gasteiger partial charge in [-0.2, -0.15) is 0 Å². The van der Waals surface area contributed by atoms with Gasteiger partial charge >= 0.3 is 6.03 Å². The zero-order valence-electron chi connectivity index (χ0n) is 20.0. The number of nitrogens with one attached hydrogen (secondary N) is 2. The number of nitrogens with zero attached hydrogens (tertiary/aromatic N) is 1. The molecule has 4 rings (SSSR count). The molecule has 35 heavy (non-hydrogen) atoms. The minimum atomic E-state index is -1.25. The maximum Gasteiger partial charge on any atom is 0.325 e. The predicted molar refractivity (Wildman–Crippen MR) is 136 cm³/mol. The molecule has 4 amide bonds. The van der Waals surface area contributed by atoms with Gasteiger partial charge in [-0.1, -0.05) is 41.6 Å². The van der Waals surface area contributed by atoms with Gasteiger partial charge in [0.25, 0.3) is 5.91 Å². The van der Waals surface area contributed by atoms with Crippen molar-refractivity contribution in [3.63, 3.8) is 0 Å². The molecule has 0 saturated carbocycles. The SMILES string of the molecule is COc1ccc(C2(C)NC(=O)N(CC(=O)Nc3ccc(Sc4ccc(C)cc4C)cc3)C2=O)cc1. The van der Waals surface area contributed by atoms with Crippen molar-refractivity contribution < 1.29 is 19.1 Å². The van der Waals surface area contributed by atoms with Crippen LogP contribution in [0.2, 0.25) is 0 Å². The van der Waals surface area contributed by atoms with Crippen molar-refractivity contribution in [3.05, 3.63) is 83.4 Å². The van der Waals surface area contributed by atoms with Crippen LogP contribution in [-0.2, 0) is 15.1 Å². The summed E-state index contributed by atoms with van der Waals surface area (Å²) >= 11 is 1.65. The van der Waals surface area contributed by atoms with Crippen molar-refractivity contribution in [3.8, 4) is 5.75 Å². The highest BCUT2D eigenvalue weighted by Crippen LogP contribution is 2.32. The molecule has 0 bridgehead atoms.